The lowest BCUT2D eigenvalue weighted by atomic mass is 9.70. The monoisotopic (exact) mass is 413 g/mol. The molecule has 2 N–H and O–H groups in total. The molecule has 0 spiro atoms. The Morgan fingerprint density at radius 3 is 2.33 bits per heavy atom. The second-order valence-electron chi connectivity index (χ2n) is 8.66. The Balaban J connectivity index is 2.08. The van der Waals surface area contributed by atoms with Crippen LogP contribution in [0.3, 0.4) is 0 Å². The van der Waals surface area contributed by atoms with Gasteiger partial charge in [-0.25, -0.2) is 9.59 Å². The van der Waals surface area contributed by atoms with Gasteiger partial charge in [-0.1, -0.05) is 26.0 Å². The first-order chi connectivity index (χ1) is 14.0. The number of ether oxygens (including phenoxy) is 3. The summed E-state index contributed by atoms with van der Waals surface area (Å²) in [5.41, 5.74) is 7.35. The first kappa shape index (κ1) is 21.6. The molecule has 0 radical (unpaired) electrons. The summed E-state index contributed by atoms with van der Waals surface area (Å²) < 4.78 is 15.9. The summed E-state index contributed by atoms with van der Waals surface area (Å²) in [6.07, 6.45) is 0.620. The minimum atomic E-state index is -0.722. The Labute approximate surface area is 175 Å². The molecule has 0 saturated heterocycles. The van der Waals surface area contributed by atoms with Gasteiger partial charge in [0.2, 0.25) is 5.88 Å². The zero-order valence-electron chi connectivity index (χ0n) is 17.9. The van der Waals surface area contributed by atoms with Crippen molar-refractivity contribution < 1.29 is 28.6 Å². The van der Waals surface area contributed by atoms with Gasteiger partial charge in [0, 0.05) is 18.4 Å². The molecular formula is C23H27NO6. The highest BCUT2D eigenvalue weighted by Gasteiger charge is 2.44. The van der Waals surface area contributed by atoms with Crippen molar-refractivity contribution in [3.63, 3.8) is 0 Å². The van der Waals surface area contributed by atoms with Crippen molar-refractivity contribution in [1.29, 1.82) is 0 Å². The third-order valence-corrected chi connectivity index (χ3v) is 5.18. The van der Waals surface area contributed by atoms with Crippen molar-refractivity contribution in [2.24, 2.45) is 11.1 Å². The third kappa shape index (κ3) is 4.10. The zero-order chi connectivity index (χ0) is 22.2. The molecule has 1 heterocycles. The number of hydrogen-bond donors (Lipinski definition) is 1. The van der Waals surface area contributed by atoms with Gasteiger partial charge in [0.05, 0.1) is 24.7 Å². The molecule has 2 aliphatic rings. The molecule has 1 aliphatic carbocycles. The minimum Gasteiger partial charge on any atom is -0.465 e. The molecule has 1 atom stereocenters. The lowest BCUT2D eigenvalue weighted by Gasteiger charge is -2.37. The van der Waals surface area contributed by atoms with Gasteiger partial charge in [-0.2, -0.15) is 0 Å². The molecule has 7 heteroatoms. The normalized spacial score (nSPS) is 20.6. The molecule has 3 rings (SSSR count). The van der Waals surface area contributed by atoms with E-state index in [1.165, 1.54) is 7.11 Å². The Morgan fingerprint density at radius 2 is 1.77 bits per heavy atom. The van der Waals surface area contributed by atoms with E-state index in [-0.39, 0.29) is 28.8 Å². The second kappa shape index (κ2) is 7.97. The minimum absolute atomic E-state index is 0.0700. The van der Waals surface area contributed by atoms with Crippen LogP contribution in [-0.4, -0.2) is 30.9 Å². The van der Waals surface area contributed by atoms with E-state index in [4.69, 9.17) is 19.9 Å². The van der Waals surface area contributed by atoms with Crippen LogP contribution in [0.2, 0.25) is 0 Å². The number of benzene rings is 1. The number of rotatable bonds is 4. The number of Topliss-reactive ketones (excluding diaryl/α,β-unsaturated/α-hetero) is 1. The van der Waals surface area contributed by atoms with Gasteiger partial charge in [-0.3, -0.25) is 4.79 Å². The van der Waals surface area contributed by atoms with Crippen LogP contribution in [0.4, 0.5) is 0 Å². The fourth-order valence-corrected chi connectivity index (χ4v) is 3.92. The van der Waals surface area contributed by atoms with Gasteiger partial charge in [0.1, 0.15) is 11.3 Å². The van der Waals surface area contributed by atoms with Crippen molar-refractivity contribution in [3.8, 4) is 0 Å². The van der Waals surface area contributed by atoms with Gasteiger partial charge in [0.25, 0.3) is 0 Å². The van der Waals surface area contributed by atoms with E-state index in [9.17, 15) is 14.4 Å². The van der Waals surface area contributed by atoms with Gasteiger partial charge >= 0.3 is 11.9 Å². The van der Waals surface area contributed by atoms with Crippen LogP contribution in [0, 0.1) is 5.41 Å². The van der Waals surface area contributed by atoms with Gasteiger partial charge in [-0.05, 0) is 37.0 Å². The quantitative estimate of drug-likeness (QED) is 0.755. The molecule has 1 aliphatic heterocycles. The average molecular weight is 413 g/mol. The predicted molar refractivity (Wildman–Crippen MR) is 109 cm³/mol. The number of methoxy groups -OCH3 is 1. The first-order valence-corrected chi connectivity index (χ1v) is 9.87. The van der Waals surface area contributed by atoms with Crippen LogP contribution in [0.15, 0.2) is 47.1 Å². The van der Waals surface area contributed by atoms with E-state index in [0.29, 0.717) is 35.3 Å². The fourth-order valence-electron chi connectivity index (χ4n) is 3.92. The SMILES string of the molecule is COC(=O)C1=C(N)OC2=C(C(=O)CC(C)(C)C2)[C@@H]1c1ccc(C(=O)OC(C)C)cc1. The summed E-state index contributed by atoms with van der Waals surface area (Å²) in [6, 6.07) is 6.61. The summed E-state index contributed by atoms with van der Waals surface area (Å²) in [7, 11) is 1.25. The van der Waals surface area contributed by atoms with Gasteiger partial charge in [0.15, 0.2) is 5.78 Å². The molecule has 7 nitrogen and oxygen atoms in total. The van der Waals surface area contributed by atoms with Gasteiger partial charge in [-0.15, -0.1) is 0 Å². The number of hydrogen-bond acceptors (Lipinski definition) is 7. The largest absolute Gasteiger partial charge is 0.465 e. The maximum Gasteiger partial charge on any atom is 0.340 e. The predicted octanol–water partition coefficient (Wildman–Crippen LogP) is 3.35. The smallest absolute Gasteiger partial charge is 0.340 e. The summed E-state index contributed by atoms with van der Waals surface area (Å²) in [5.74, 6) is -1.51. The Hall–Kier alpha value is -3.09. The topological polar surface area (TPSA) is 105 Å². The molecule has 160 valence electrons. The van der Waals surface area contributed by atoms with Gasteiger partial charge < -0.3 is 19.9 Å². The molecule has 1 aromatic rings. The highest BCUT2D eigenvalue weighted by molar-refractivity contribution is 6.03. The van der Waals surface area contributed by atoms with Crippen LogP contribution in [0.25, 0.3) is 0 Å². The van der Waals surface area contributed by atoms with Crippen LogP contribution in [0.1, 0.15) is 62.4 Å². The zero-order valence-corrected chi connectivity index (χ0v) is 17.9. The van der Waals surface area contributed by atoms with E-state index in [0.717, 1.165) is 0 Å². The number of ketones is 1. The van der Waals surface area contributed by atoms with Crippen LogP contribution in [0.5, 0.6) is 0 Å². The van der Waals surface area contributed by atoms with E-state index in [1.54, 1.807) is 38.1 Å². The molecule has 0 saturated carbocycles. The summed E-state index contributed by atoms with van der Waals surface area (Å²) >= 11 is 0. The van der Waals surface area contributed by atoms with E-state index < -0.39 is 17.9 Å². The molecule has 0 unspecified atom stereocenters. The Kier molecular flexibility index (Phi) is 5.74. The van der Waals surface area contributed by atoms with Crippen molar-refractivity contribution >= 4 is 17.7 Å². The molecular weight excluding hydrogens is 386 g/mol. The fraction of sp³-hybridized carbons (Fsp3) is 0.435. The van der Waals surface area contributed by atoms with E-state index in [1.807, 2.05) is 13.8 Å². The Bertz CT molecular complexity index is 952. The molecule has 0 bridgehead atoms. The average Bonchev–Trinajstić information content (AvgIpc) is 2.65. The number of nitrogens with two attached hydrogens (primary N) is 1. The molecule has 30 heavy (non-hydrogen) atoms. The summed E-state index contributed by atoms with van der Waals surface area (Å²) in [6.45, 7) is 7.51. The van der Waals surface area contributed by atoms with Crippen LogP contribution >= 0.6 is 0 Å². The number of allylic oxidation sites excluding steroid dienone is 2. The molecule has 0 amide bonds. The third-order valence-electron chi connectivity index (χ3n) is 5.18. The number of carbonyl (C=O) groups is 3. The standard InChI is InChI=1S/C23H27NO6/c1-12(2)29-21(26)14-8-6-13(7-9-14)17-18-15(25)10-23(3,4)11-16(18)30-20(24)19(17)22(27)28-5/h6-9,12,17H,10-11,24H2,1-5H3/t17-/m0/s1. The molecule has 0 fully saturated rings. The van der Waals surface area contributed by atoms with Crippen molar-refractivity contribution in [1.82, 2.24) is 0 Å². The molecule has 0 aromatic heterocycles. The van der Waals surface area contributed by atoms with Crippen molar-refractivity contribution in [2.75, 3.05) is 7.11 Å². The maximum absolute atomic E-state index is 13.1. The second-order valence-corrected chi connectivity index (χ2v) is 8.66. The highest BCUT2D eigenvalue weighted by Crippen LogP contribution is 2.48. The van der Waals surface area contributed by atoms with Crippen molar-refractivity contribution in [3.05, 3.63) is 58.2 Å². The van der Waals surface area contributed by atoms with E-state index in [2.05, 4.69) is 0 Å². The summed E-state index contributed by atoms with van der Waals surface area (Å²) in [4.78, 5) is 37.7. The lowest BCUT2D eigenvalue weighted by Crippen LogP contribution is -2.35. The number of carbonyl (C=O) groups excluding carboxylic acids is 3. The van der Waals surface area contributed by atoms with E-state index >= 15 is 0 Å². The van der Waals surface area contributed by atoms with Crippen LogP contribution in [-0.2, 0) is 23.8 Å². The highest BCUT2D eigenvalue weighted by atomic mass is 16.5. The van der Waals surface area contributed by atoms with Crippen LogP contribution < -0.4 is 5.73 Å². The van der Waals surface area contributed by atoms with Crippen molar-refractivity contribution in [2.45, 2.75) is 52.6 Å². The Morgan fingerprint density at radius 1 is 1.13 bits per heavy atom. The first-order valence-electron chi connectivity index (χ1n) is 9.87. The number of esters is 2. The molecule has 1 aromatic carbocycles. The lowest BCUT2D eigenvalue weighted by molar-refractivity contribution is -0.136. The maximum atomic E-state index is 13.1. The summed E-state index contributed by atoms with van der Waals surface area (Å²) in [5, 5.41) is 0.